The van der Waals surface area contributed by atoms with Gasteiger partial charge < -0.3 is 10.1 Å². The Labute approximate surface area is 105 Å². The molecule has 7 nitrogen and oxygen atoms in total. The average Bonchev–Trinajstić information content (AvgIpc) is 2.61. The number of nitrogens with one attached hydrogen (secondary N) is 1. The first kappa shape index (κ1) is 14.0. The zero-order valence-electron chi connectivity index (χ0n) is 10.4. The zero-order valence-corrected chi connectivity index (χ0v) is 10.4. The number of urea groups is 1. The van der Waals surface area contributed by atoms with Crippen LogP contribution in [0.25, 0.3) is 0 Å². The second kappa shape index (κ2) is 5.49. The molecule has 3 amide bonds. The van der Waals surface area contributed by atoms with Crippen LogP contribution in [0, 0.1) is 11.3 Å². The third kappa shape index (κ3) is 2.42. The van der Waals surface area contributed by atoms with Gasteiger partial charge in [0.25, 0.3) is 5.91 Å². The lowest BCUT2D eigenvalue weighted by Crippen LogP contribution is -2.46. The summed E-state index contributed by atoms with van der Waals surface area (Å²) < 4.78 is 4.51. The van der Waals surface area contributed by atoms with Gasteiger partial charge in [-0.05, 0) is 12.8 Å². The molecule has 0 unspecified atom stereocenters. The fourth-order valence-corrected chi connectivity index (χ4v) is 1.84. The van der Waals surface area contributed by atoms with Crippen LogP contribution in [0.5, 0.6) is 0 Å². The van der Waals surface area contributed by atoms with Crippen molar-refractivity contribution < 1.29 is 19.1 Å². The van der Waals surface area contributed by atoms with Crippen LogP contribution in [0.3, 0.4) is 0 Å². The fourth-order valence-electron chi connectivity index (χ4n) is 1.84. The summed E-state index contributed by atoms with van der Waals surface area (Å²) in [5.41, 5.74) is -0.924. The predicted molar refractivity (Wildman–Crippen MR) is 60.1 cm³/mol. The Morgan fingerprint density at radius 3 is 2.50 bits per heavy atom. The van der Waals surface area contributed by atoms with Gasteiger partial charge in [-0.1, -0.05) is 13.8 Å². The van der Waals surface area contributed by atoms with Crippen molar-refractivity contribution in [3.05, 3.63) is 0 Å². The van der Waals surface area contributed by atoms with E-state index < -0.39 is 36.6 Å². The zero-order chi connectivity index (χ0) is 13.8. The standard InChI is InChI=1S/C11H15N3O4/c1-3-11(4-2)9(16)14(10(17)13-11)7-8(15)18-6-5-12/h3-4,6-7H2,1-2H3,(H,13,17). The van der Waals surface area contributed by atoms with Crippen molar-refractivity contribution in [3.63, 3.8) is 0 Å². The van der Waals surface area contributed by atoms with E-state index in [0.29, 0.717) is 12.8 Å². The van der Waals surface area contributed by atoms with Crippen LogP contribution in [0.1, 0.15) is 26.7 Å². The van der Waals surface area contributed by atoms with Gasteiger partial charge >= 0.3 is 12.0 Å². The van der Waals surface area contributed by atoms with Gasteiger partial charge in [-0.25, -0.2) is 4.79 Å². The SMILES string of the molecule is CCC1(CC)NC(=O)N(CC(=O)OCC#N)C1=O. The number of hydrogen-bond donors (Lipinski definition) is 1. The topological polar surface area (TPSA) is 99.5 Å². The minimum Gasteiger partial charge on any atom is -0.449 e. The lowest BCUT2D eigenvalue weighted by atomic mass is 9.93. The highest BCUT2D eigenvalue weighted by atomic mass is 16.5. The van der Waals surface area contributed by atoms with Gasteiger partial charge in [0.1, 0.15) is 18.2 Å². The fraction of sp³-hybridized carbons (Fsp3) is 0.636. The van der Waals surface area contributed by atoms with Gasteiger partial charge in [0.05, 0.1) is 0 Å². The molecule has 18 heavy (non-hydrogen) atoms. The summed E-state index contributed by atoms with van der Waals surface area (Å²) >= 11 is 0. The van der Waals surface area contributed by atoms with E-state index in [-0.39, 0.29) is 0 Å². The number of rotatable bonds is 5. The molecule has 7 heteroatoms. The quantitative estimate of drug-likeness (QED) is 0.556. The molecule has 0 radical (unpaired) electrons. The maximum absolute atomic E-state index is 12.1. The second-order valence-corrected chi connectivity index (χ2v) is 3.93. The molecule has 0 saturated carbocycles. The molecule has 0 aromatic rings. The van der Waals surface area contributed by atoms with Crippen molar-refractivity contribution in [1.29, 1.82) is 5.26 Å². The third-order valence-electron chi connectivity index (χ3n) is 3.04. The Bertz CT molecular complexity index is 409. The van der Waals surface area contributed by atoms with E-state index in [1.54, 1.807) is 19.9 Å². The summed E-state index contributed by atoms with van der Waals surface area (Å²) in [5, 5.41) is 10.8. The molecular formula is C11H15N3O4. The van der Waals surface area contributed by atoms with Crippen molar-refractivity contribution in [3.8, 4) is 6.07 Å². The van der Waals surface area contributed by atoms with Crippen molar-refractivity contribution >= 4 is 17.9 Å². The van der Waals surface area contributed by atoms with Crippen molar-refractivity contribution in [2.24, 2.45) is 0 Å². The molecular weight excluding hydrogens is 238 g/mol. The lowest BCUT2D eigenvalue weighted by Gasteiger charge is -2.22. The summed E-state index contributed by atoms with van der Waals surface area (Å²) in [6, 6.07) is 1.04. The molecule has 1 heterocycles. The molecule has 0 atom stereocenters. The van der Waals surface area contributed by atoms with Crippen LogP contribution in [0.15, 0.2) is 0 Å². The minimum absolute atomic E-state index is 0.394. The molecule has 0 spiro atoms. The molecule has 98 valence electrons. The highest BCUT2D eigenvalue weighted by molar-refractivity contribution is 6.08. The van der Waals surface area contributed by atoms with Gasteiger partial charge in [0.15, 0.2) is 6.61 Å². The molecule has 1 rings (SSSR count). The summed E-state index contributed by atoms with van der Waals surface area (Å²) in [5.74, 6) is -1.20. The van der Waals surface area contributed by atoms with E-state index in [1.807, 2.05) is 0 Å². The Morgan fingerprint density at radius 1 is 1.44 bits per heavy atom. The van der Waals surface area contributed by atoms with E-state index in [4.69, 9.17) is 5.26 Å². The molecule has 1 fully saturated rings. The van der Waals surface area contributed by atoms with Crippen molar-refractivity contribution in [1.82, 2.24) is 10.2 Å². The van der Waals surface area contributed by atoms with Crippen molar-refractivity contribution in [2.75, 3.05) is 13.2 Å². The van der Waals surface area contributed by atoms with Gasteiger partial charge in [0, 0.05) is 0 Å². The molecule has 1 N–H and O–H groups in total. The third-order valence-corrected chi connectivity index (χ3v) is 3.04. The number of imide groups is 1. The molecule has 0 bridgehead atoms. The molecule has 1 aliphatic rings. The molecule has 1 aliphatic heterocycles. The predicted octanol–water partition coefficient (Wildman–Crippen LogP) is 0.164. The van der Waals surface area contributed by atoms with Crippen LogP contribution < -0.4 is 5.32 Å². The first-order chi connectivity index (χ1) is 8.50. The average molecular weight is 253 g/mol. The normalized spacial score (nSPS) is 17.3. The largest absolute Gasteiger partial charge is 0.449 e. The van der Waals surface area contributed by atoms with Gasteiger partial charge in [-0.2, -0.15) is 5.26 Å². The van der Waals surface area contributed by atoms with Crippen LogP contribution in [0.2, 0.25) is 0 Å². The van der Waals surface area contributed by atoms with Crippen LogP contribution in [-0.4, -0.2) is 41.5 Å². The Hall–Kier alpha value is -2.10. The number of carbonyl (C=O) groups is 3. The van der Waals surface area contributed by atoms with Crippen molar-refractivity contribution in [2.45, 2.75) is 32.2 Å². The lowest BCUT2D eigenvalue weighted by molar-refractivity contribution is -0.146. The number of esters is 1. The molecule has 0 aromatic heterocycles. The number of nitrogens with zero attached hydrogens (tertiary/aromatic N) is 2. The van der Waals surface area contributed by atoms with Gasteiger partial charge in [-0.3, -0.25) is 14.5 Å². The van der Waals surface area contributed by atoms with Crippen LogP contribution in [0.4, 0.5) is 4.79 Å². The van der Waals surface area contributed by atoms with E-state index >= 15 is 0 Å². The number of nitriles is 1. The first-order valence-electron chi connectivity index (χ1n) is 5.67. The van der Waals surface area contributed by atoms with E-state index in [9.17, 15) is 14.4 Å². The molecule has 0 aliphatic carbocycles. The van der Waals surface area contributed by atoms with Crippen LogP contribution >= 0.6 is 0 Å². The second-order valence-electron chi connectivity index (χ2n) is 3.93. The molecule has 1 saturated heterocycles. The van der Waals surface area contributed by atoms with Gasteiger partial charge in [-0.15, -0.1) is 0 Å². The number of hydrogen-bond acceptors (Lipinski definition) is 5. The van der Waals surface area contributed by atoms with E-state index in [2.05, 4.69) is 10.1 Å². The van der Waals surface area contributed by atoms with Gasteiger partial charge in [0.2, 0.25) is 0 Å². The number of amides is 3. The van der Waals surface area contributed by atoms with Crippen LogP contribution in [-0.2, 0) is 14.3 Å². The Morgan fingerprint density at radius 2 is 2.06 bits per heavy atom. The van der Waals surface area contributed by atoms with E-state index in [1.165, 1.54) is 0 Å². The number of ether oxygens (including phenoxy) is 1. The van der Waals surface area contributed by atoms with E-state index in [0.717, 1.165) is 4.90 Å². The monoisotopic (exact) mass is 253 g/mol. The maximum atomic E-state index is 12.1. The molecule has 0 aromatic carbocycles. The highest BCUT2D eigenvalue weighted by Gasteiger charge is 2.49. The summed E-state index contributed by atoms with van der Waals surface area (Å²) in [6.45, 7) is 2.72. The minimum atomic E-state index is -0.924. The maximum Gasteiger partial charge on any atom is 0.327 e. The first-order valence-corrected chi connectivity index (χ1v) is 5.67. The Balaban J connectivity index is 2.74. The Kier molecular flexibility index (Phi) is 4.26. The summed E-state index contributed by atoms with van der Waals surface area (Å²) in [6.07, 6.45) is 0.912. The number of carbonyl (C=O) groups excluding carboxylic acids is 3. The highest BCUT2D eigenvalue weighted by Crippen LogP contribution is 2.24. The summed E-state index contributed by atoms with van der Waals surface area (Å²) in [7, 11) is 0. The summed E-state index contributed by atoms with van der Waals surface area (Å²) in [4.78, 5) is 35.8. The smallest absolute Gasteiger partial charge is 0.327 e.